The van der Waals surface area contributed by atoms with E-state index in [1.165, 1.54) is 6.42 Å². The van der Waals surface area contributed by atoms with Crippen molar-refractivity contribution in [2.75, 3.05) is 24.5 Å². The molecule has 1 aromatic rings. The van der Waals surface area contributed by atoms with Gasteiger partial charge >= 0.3 is 0 Å². The summed E-state index contributed by atoms with van der Waals surface area (Å²) in [7, 11) is 0. The van der Waals surface area contributed by atoms with Crippen molar-refractivity contribution in [1.29, 1.82) is 0 Å². The lowest BCUT2D eigenvalue weighted by Crippen LogP contribution is -2.25. The third-order valence-corrected chi connectivity index (χ3v) is 3.84. The molecule has 0 spiro atoms. The molecule has 0 saturated carbocycles. The number of nitrogens with one attached hydrogen (secondary N) is 1. The van der Waals surface area contributed by atoms with Gasteiger partial charge in [-0.25, -0.2) is 4.39 Å². The van der Waals surface area contributed by atoms with Gasteiger partial charge in [0.25, 0.3) is 0 Å². The van der Waals surface area contributed by atoms with Crippen molar-refractivity contribution in [3.8, 4) is 0 Å². The first kappa shape index (κ1) is 14.3. The average Bonchev–Trinajstić information content (AvgIpc) is 2.72. The van der Waals surface area contributed by atoms with Gasteiger partial charge < -0.3 is 10.2 Å². The predicted molar refractivity (Wildman–Crippen MR) is 79.0 cm³/mol. The van der Waals surface area contributed by atoms with Crippen molar-refractivity contribution in [2.24, 2.45) is 5.41 Å². The Morgan fingerprint density at radius 3 is 2.79 bits per heavy atom. The number of hydrogen-bond donors (Lipinski definition) is 1. The van der Waals surface area contributed by atoms with Gasteiger partial charge in [-0.15, -0.1) is 0 Å². The predicted octanol–water partition coefficient (Wildman–Crippen LogP) is 3.56. The molecule has 0 aliphatic carbocycles. The molecule has 1 aliphatic heterocycles. The van der Waals surface area contributed by atoms with Gasteiger partial charge in [-0.1, -0.05) is 26.8 Å². The van der Waals surface area contributed by atoms with Crippen LogP contribution in [0.4, 0.5) is 10.1 Å². The largest absolute Gasteiger partial charge is 0.371 e. The van der Waals surface area contributed by atoms with E-state index in [1.54, 1.807) is 6.07 Å². The van der Waals surface area contributed by atoms with Gasteiger partial charge in [-0.05, 0) is 36.9 Å². The summed E-state index contributed by atoms with van der Waals surface area (Å²) in [5.41, 5.74) is 2.21. The van der Waals surface area contributed by atoms with Crippen molar-refractivity contribution in [3.05, 3.63) is 29.6 Å². The second kappa shape index (κ2) is 5.91. The van der Waals surface area contributed by atoms with Crippen LogP contribution < -0.4 is 10.2 Å². The molecule has 19 heavy (non-hydrogen) atoms. The highest BCUT2D eigenvalue weighted by atomic mass is 19.1. The van der Waals surface area contributed by atoms with Crippen LogP contribution in [-0.2, 0) is 6.54 Å². The zero-order valence-corrected chi connectivity index (χ0v) is 12.3. The summed E-state index contributed by atoms with van der Waals surface area (Å²) in [6.07, 6.45) is 2.24. The summed E-state index contributed by atoms with van der Waals surface area (Å²) in [5, 5.41) is 3.31. The molecule has 3 heteroatoms. The van der Waals surface area contributed by atoms with Gasteiger partial charge in [-0.2, -0.15) is 0 Å². The zero-order chi connectivity index (χ0) is 13.9. The Balaban J connectivity index is 2.17. The SMILES string of the molecule is CCCNCc1c(F)cccc1N1CCC(C)(C)C1. The summed E-state index contributed by atoms with van der Waals surface area (Å²) >= 11 is 0. The summed E-state index contributed by atoms with van der Waals surface area (Å²) in [5.74, 6) is -0.0918. The van der Waals surface area contributed by atoms with E-state index in [4.69, 9.17) is 0 Å². The zero-order valence-electron chi connectivity index (χ0n) is 12.3. The molecule has 1 N–H and O–H groups in total. The van der Waals surface area contributed by atoms with Crippen LogP contribution in [-0.4, -0.2) is 19.6 Å². The normalized spacial score (nSPS) is 18.0. The maximum Gasteiger partial charge on any atom is 0.129 e. The van der Waals surface area contributed by atoms with Gasteiger partial charge in [-0.3, -0.25) is 0 Å². The Hall–Kier alpha value is -1.09. The summed E-state index contributed by atoms with van der Waals surface area (Å²) < 4.78 is 14.1. The van der Waals surface area contributed by atoms with E-state index in [2.05, 4.69) is 31.0 Å². The maximum atomic E-state index is 14.1. The van der Waals surface area contributed by atoms with Crippen LogP contribution in [0, 0.1) is 11.2 Å². The topological polar surface area (TPSA) is 15.3 Å². The van der Waals surface area contributed by atoms with E-state index in [1.807, 2.05) is 12.1 Å². The van der Waals surface area contributed by atoms with E-state index >= 15 is 0 Å². The third kappa shape index (κ3) is 3.47. The van der Waals surface area contributed by atoms with Crippen LogP contribution in [0.25, 0.3) is 0 Å². The lowest BCUT2D eigenvalue weighted by Gasteiger charge is -2.24. The fraction of sp³-hybridized carbons (Fsp3) is 0.625. The molecular formula is C16H25FN2. The molecule has 1 heterocycles. The highest BCUT2D eigenvalue weighted by Gasteiger charge is 2.30. The number of hydrogen-bond acceptors (Lipinski definition) is 2. The van der Waals surface area contributed by atoms with Gasteiger partial charge in [0.1, 0.15) is 5.82 Å². The van der Waals surface area contributed by atoms with E-state index in [9.17, 15) is 4.39 Å². The van der Waals surface area contributed by atoms with Crippen LogP contribution in [0.5, 0.6) is 0 Å². The van der Waals surface area contributed by atoms with Crippen molar-refractivity contribution >= 4 is 5.69 Å². The molecule has 0 radical (unpaired) electrons. The van der Waals surface area contributed by atoms with Gasteiger partial charge in [0.15, 0.2) is 0 Å². The third-order valence-electron chi connectivity index (χ3n) is 3.84. The number of halogens is 1. The second-order valence-corrected chi connectivity index (χ2v) is 6.25. The molecule has 0 aromatic heterocycles. The minimum absolute atomic E-state index is 0.0918. The lowest BCUT2D eigenvalue weighted by molar-refractivity contribution is 0.418. The molecule has 0 atom stereocenters. The first-order chi connectivity index (χ1) is 9.03. The number of nitrogens with zero attached hydrogens (tertiary/aromatic N) is 1. The minimum Gasteiger partial charge on any atom is -0.371 e. The monoisotopic (exact) mass is 264 g/mol. The smallest absolute Gasteiger partial charge is 0.129 e. The van der Waals surface area contributed by atoms with Crippen LogP contribution in [0.15, 0.2) is 18.2 Å². The first-order valence-corrected chi connectivity index (χ1v) is 7.26. The Labute approximate surface area is 116 Å². The van der Waals surface area contributed by atoms with E-state index in [0.29, 0.717) is 12.0 Å². The quantitative estimate of drug-likeness (QED) is 0.818. The molecular weight excluding hydrogens is 239 g/mol. The Kier molecular flexibility index (Phi) is 4.46. The molecule has 0 unspecified atom stereocenters. The summed E-state index contributed by atoms with van der Waals surface area (Å²) in [6, 6.07) is 5.43. The fourth-order valence-electron chi connectivity index (χ4n) is 2.73. The molecule has 0 bridgehead atoms. The maximum absolute atomic E-state index is 14.1. The van der Waals surface area contributed by atoms with Gasteiger partial charge in [0.2, 0.25) is 0 Å². The van der Waals surface area contributed by atoms with Crippen LogP contribution in [0.2, 0.25) is 0 Å². The Bertz CT molecular complexity index is 429. The van der Waals surface area contributed by atoms with Crippen molar-refractivity contribution in [2.45, 2.75) is 40.2 Å². The fourth-order valence-corrected chi connectivity index (χ4v) is 2.73. The first-order valence-electron chi connectivity index (χ1n) is 7.26. The van der Waals surface area contributed by atoms with Gasteiger partial charge in [0.05, 0.1) is 0 Å². The summed E-state index contributed by atoms with van der Waals surface area (Å²) in [4.78, 5) is 2.33. The highest BCUT2D eigenvalue weighted by molar-refractivity contribution is 5.55. The van der Waals surface area contributed by atoms with Crippen LogP contribution in [0.1, 0.15) is 39.2 Å². The Morgan fingerprint density at radius 2 is 2.16 bits per heavy atom. The molecule has 1 saturated heterocycles. The van der Waals surface area contributed by atoms with Crippen LogP contribution in [0.3, 0.4) is 0 Å². The summed E-state index contributed by atoms with van der Waals surface area (Å²) in [6.45, 7) is 10.3. The van der Waals surface area contributed by atoms with Gasteiger partial charge in [0, 0.05) is 30.9 Å². The van der Waals surface area contributed by atoms with Crippen molar-refractivity contribution in [1.82, 2.24) is 5.32 Å². The Morgan fingerprint density at radius 1 is 1.37 bits per heavy atom. The minimum atomic E-state index is -0.0918. The molecule has 1 aliphatic rings. The van der Waals surface area contributed by atoms with Crippen LogP contribution >= 0.6 is 0 Å². The van der Waals surface area contributed by atoms with E-state index in [0.717, 1.165) is 37.3 Å². The van der Waals surface area contributed by atoms with Crippen molar-refractivity contribution < 1.29 is 4.39 Å². The molecule has 106 valence electrons. The average molecular weight is 264 g/mol. The highest BCUT2D eigenvalue weighted by Crippen LogP contribution is 2.34. The number of benzene rings is 1. The van der Waals surface area contributed by atoms with E-state index < -0.39 is 0 Å². The van der Waals surface area contributed by atoms with Crippen molar-refractivity contribution in [3.63, 3.8) is 0 Å². The number of rotatable bonds is 5. The molecule has 2 nitrogen and oxygen atoms in total. The second-order valence-electron chi connectivity index (χ2n) is 6.25. The standard InChI is InChI=1S/C16H25FN2/c1-4-9-18-11-13-14(17)6-5-7-15(13)19-10-8-16(2,3)12-19/h5-7,18H,4,8-12H2,1-3H3. The molecule has 1 aromatic carbocycles. The lowest BCUT2D eigenvalue weighted by atomic mass is 9.93. The number of anilines is 1. The molecule has 2 rings (SSSR count). The molecule has 1 fully saturated rings. The molecule has 0 amide bonds. The van der Waals surface area contributed by atoms with E-state index in [-0.39, 0.29) is 5.82 Å².